The lowest BCUT2D eigenvalue weighted by Gasteiger charge is -2.24. The van der Waals surface area contributed by atoms with Crippen LogP contribution in [-0.2, 0) is 9.53 Å². The molecule has 1 heterocycles. The molecule has 0 radical (unpaired) electrons. The van der Waals surface area contributed by atoms with Crippen molar-refractivity contribution in [2.45, 2.75) is 46.6 Å². The van der Waals surface area contributed by atoms with Crippen LogP contribution in [-0.4, -0.2) is 40.8 Å². The van der Waals surface area contributed by atoms with Gasteiger partial charge in [-0.3, -0.25) is 4.79 Å². The fourth-order valence-electron chi connectivity index (χ4n) is 2.47. The van der Waals surface area contributed by atoms with Crippen LogP contribution in [0.5, 0.6) is 0 Å². The number of carboxylic acids is 1. The highest BCUT2D eigenvalue weighted by Crippen LogP contribution is 2.30. The van der Waals surface area contributed by atoms with E-state index in [1.165, 1.54) is 4.90 Å². The largest absolute Gasteiger partial charge is 0.481 e. The predicted molar refractivity (Wildman–Crippen MR) is 71.9 cm³/mol. The molecule has 19 heavy (non-hydrogen) atoms. The van der Waals surface area contributed by atoms with Crippen molar-refractivity contribution in [3.8, 4) is 0 Å². The van der Waals surface area contributed by atoms with Gasteiger partial charge in [-0.05, 0) is 39.0 Å². The van der Waals surface area contributed by atoms with Crippen LogP contribution in [0.4, 0.5) is 4.79 Å². The minimum Gasteiger partial charge on any atom is -0.481 e. The quantitative estimate of drug-likeness (QED) is 0.856. The first-order valence-corrected chi connectivity index (χ1v) is 6.81. The minimum absolute atomic E-state index is 0.0185. The van der Waals surface area contributed by atoms with Crippen molar-refractivity contribution in [1.29, 1.82) is 0 Å². The van der Waals surface area contributed by atoms with E-state index in [1.807, 2.05) is 0 Å². The molecule has 0 saturated carbocycles. The van der Waals surface area contributed by atoms with Gasteiger partial charge >= 0.3 is 12.1 Å². The average molecular weight is 271 g/mol. The SMILES string of the molecule is CC(C)CC1CN(C(=O)OC(C)(C)C)C[C@H]1C(=O)O. The average Bonchev–Trinajstić information content (AvgIpc) is 2.57. The third-order valence-corrected chi connectivity index (χ3v) is 3.18. The Balaban J connectivity index is 2.69. The van der Waals surface area contributed by atoms with Crippen molar-refractivity contribution in [2.24, 2.45) is 17.8 Å². The molecule has 2 atom stereocenters. The first kappa shape index (κ1) is 15.8. The fourth-order valence-corrected chi connectivity index (χ4v) is 2.47. The standard InChI is InChI=1S/C14H25NO4/c1-9(2)6-10-7-15(8-11(10)12(16)17)13(18)19-14(3,4)5/h9-11H,6-8H2,1-5H3,(H,16,17)/t10?,11-/m1/s1. The Bertz CT molecular complexity index is 346. The number of rotatable bonds is 3. The number of carbonyl (C=O) groups excluding carboxylic acids is 1. The Morgan fingerprint density at radius 3 is 2.32 bits per heavy atom. The van der Waals surface area contributed by atoms with Crippen LogP contribution in [0.15, 0.2) is 0 Å². The van der Waals surface area contributed by atoms with Crippen molar-refractivity contribution < 1.29 is 19.4 Å². The smallest absolute Gasteiger partial charge is 0.410 e. The second-order valence-corrected chi connectivity index (χ2v) is 6.72. The number of carbonyl (C=O) groups is 2. The maximum atomic E-state index is 12.0. The third-order valence-electron chi connectivity index (χ3n) is 3.18. The van der Waals surface area contributed by atoms with Crippen molar-refractivity contribution in [3.05, 3.63) is 0 Å². The molecule has 0 aromatic rings. The summed E-state index contributed by atoms with van der Waals surface area (Å²) < 4.78 is 5.30. The Morgan fingerprint density at radius 2 is 1.89 bits per heavy atom. The van der Waals surface area contributed by atoms with Crippen LogP contribution in [0.3, 0.4) is 0 Å². The molecule has 1 rings (SSSR count). The zero-order valence-electron chi connectivity index (χ0n) is 12.5. The molecule has 1 unspecified atom stereocenters. The van der Waals surface area contributed by atoms with Gasteiger partial charge in [0, 0.05) is 13.1 Å². The van der Waals surface area contributed by atoms with Crippen LogP contribution in [0.25, 0.3) is 0 Å². The Kier molecular flexibility index (Phi) is 4.82. The van der Waals surface area contributed by atoms with E-state index in [0.29, 0.717) is 12.5 Å². The summed E-state index contributed by atoms with van der Waals surface area (Å²) in [6, 6.07) is 0. The molecular formula is C14H25NO4. The second kappa shape index (κ2) is 5.80. The van der Waals surface area contributed by atoms with E-state index in [4.69, 9.17) is 4.74 Å². The number of nitrogens with zero attached hydrogens (tertiary/aromatic N) is 1. The summed E-state index contributed by atoms with van der Waals surface area (Å²) in [5.74, 6) is -0.859. The number of ether oxygens (including phenoxy) is 1. The van der Waals surface area contributed by atoms with Crippen LogP contribution < -0.4 is 0 Å². The van der Waals surface area contributed by atoms with Gasteiger partial charge < -0.3 is 14.7 Å². The highest BCUT2D eigenvalue weighted by atomic mass is 16.6. The van der Waals surface area contributed by atoms with E-state index in [0.717, 1.165) is 6.42 Å². The summed E-state index contributed by atoms with van der Waals surface area (Å²) in [5.41, 5.74) is -0.550. The Labute approximate surface area is 114 Å². The Hall–Kier alpha value is -1.26. The summed E-state index contributed by atoms with van der Waals surface area (Å²) in [6.45, 7) is 10.3. The van der Waals surface area contributed by atoms with Gasteiger partial charge in [0.25, 0.3) is 0 Å². The minimum atomic E-state index is -0.822. The Morgan fingerprint density at radius 1 is 1.32 bits per heavy atom. The second-order valence-electron chi connectivity index (χ2n) is 6.72. The first-order chi connectivity index (χ1) is 8.60. The number of hydrogen-bond acceptors (Lipinski definition) is 3. The zero-order chi connectivity index (χ0) is 14.8. The van der Waals surface area contributed by atoms with Crippen molar-refractivity contribution in [1.82, 2.24) is 4.90 Å². The molecule has 1 saturated heterocycles. The molecule has 1 N–H and O–H groups in total. The van der Waals surface area contributed by atoms with Gasteiger partial charge in [-0.2, -0.15) is 0 Å². The molecule has 0 aromatic carbocycles. The normalized spacial score (nSPS) is 23.8. The maximum Gasteiger partial charge on any atom is 0.410 e. The molecule has 0 aromatic heterocycles. The van der Waals surface area contributed by atoms with Gasteiger partial charge in [-0.15, -0.1) is 0 Å². The first-order valence-electron chi connectivity index (χ1n) is 6.81. The highest BCUT2D eigenvalue weighted by molar-refractivity contribution is 5.74. The van der Waals surface area contributed by atoms with E-state index in [9.17, 15) is 14.7 Å². The van der Waals surface area contributed by atoms with Gasteiger partial charge in [-0.25, -0.2) is 4.79 Å². The summed E-state index contributed by atoms with van der Waals surface area (Å²) in [7, 11) is 0. The monoisotopic (exact) mass is 271 g/mol. The van der Waals surface area contributed by atoms with E-state index in [1.54, 1.807) is 20.8 Å². The lowest BCUT2D eigenvalue weighted by molar-refractivity contribution is -0.142. The summed E-state index contributed by atoms with van der Waals surface area (Å²) in [4.78, 5) is 24.8. The fraction of sp³-hybridized carbons (Fsp3) is 0.857. The molecular weight excluding hydrogens is 246 g/mol. The van der Waals surface area contributed by atoms with Gasteiger partial charge in [0.15, 0.2) is 0 Å². The van der Waals surface area contributed by atoms with E-state index in [2.05, 4.69) is 13.8 Å². The topological polar surface area (TPSA) is 66.8 Å². The summed E-state index contributed by atoms with van der Waals surface area (Å²) in [6.07, 6.45) is 0.404. The number of likely N-dealkylation sites (tertiary alicyclic amines) is 1. The predicted octanol–water partition coefficient (Wildman–Crippen LogP) is 2.60. The van der Waals surface area contributed by atoms with Gasteiger partial charge in [0.2, 0.25) is 0 Å². The highest BCUT2D eigenvalue weighted by Gasteiger charge is 2.40. The molecule has 0 spiro atoms. The molecule has 1 aliphatic heterocycles. The van der Waals surface area contributed by atoms with Crippen LogP contribution in [0.1, 0.15) is 41.0 Å². The lowest BCUT2D eigenvalue weighted by Crippen LogP contribution is -2.36. The van der Waals surface area contributed by atoms with Crippen molar-refractivity contribution in [3.63, 3.8) is 0 Å². The molecule has 5 nitrogen and oxygen atoms in total. The summed E-state index contributed by atoms with van der Waals surface area (Å²) in [5, 5.41) is 9.25. The number of carboxylic acid groups (broad SMARTS) is 1. The van der Waals surface area contributed by atoms with E-state index < -0.39 is 23.6 Å². The number of aliphatic carboxylic acids is 1. The van der Waals surface area contributed by atoms with Gasteiger partial charge in [-0.1, -0.05) is 13.8 Å². The summed E-state index contributed by atoms with van der Waals surface area (Å²) >= 11 is 0. The molecule has 1 aliphatic rings. The van der Waals surface area contributed by atoms with Gasteiger partial charge in [0.05, 0.1) is 5.92 Å². The van der Waals surface area contributed by atoms with Crippen molar-refractivity contribution >= 4 is 12.1 Å². The number of hydrogen-bond donors (Lipinski definition) is 1. The van der Waals surface area contributed by atoms with Crippen molar-refractivity contribution in [2.75, 3.05) is 13.1 Å². The van der Waals surface area contributed by atoms with Gasteiger partial charge in [0.1, 0.15) is 5.60 Å². The molecule has 1 amide bonds. The molecule has 0 aliphatic carbocycles. The van der Waals surface area contributed by atoms with Crippen LogP contribution in [0, 0.1) is 17.8 Å². The van der Waals surface area contributed by atoms with E-state index in [-0.39, 0.29) is 12.5 Å². The molecule has 5 heteroatoms. The lowest BCUT2D eigenvalue weighted by atomic mass is 9.88. The van der Waals surface area contributed by atoms with Crippen LogP contribution in [0.2, 0.25) is 0 Å². The third kappa shape index (κ3) is 4.73. The maximum absolute atomic E-state index is 12.0. The zero-order valence-corrected chi connectivity index (χ0v) is 12.5. The van der Waals surface area contributed by atoms with Crippen LogP contribution >= 0.6 is 0 Å². The molecule has 110 valence electrons. The van der Waals surface area contributed by atoms with E-state index >= 15 is 0 Å². The molecule has 0 bridgehead atoms. The number of amides is 1. The molecule has 1 fully saturated rings.